The minimum atomic E-state index is -3.45. The Morgan fingerprint density at radius 3 is 2.00 bits per heavy atom. The third-order valence-electron chi connectivity index (χ3n) is 3.48. The second-order valence-corrected chi connectivity index (χ2v) is 7.98. The fraction of sp³-hybridized carbons (Fsp3) is 0.222. The van der Waals surface area contributed by atoms with Crippen LogP contribution in [0.4, 0.5) is 0 Å². The van der Waals surface area contributed by atoms with E-state index in [2.05, 4.69) is 15.9 Å². The van der Waals surface area contributed by atoms with E-state index in [1.54, 1.807) is 24.3 Å². The Balaban J connectivity index is 2.32. The van der Waals surface area contributed by atoms with Crippen molar-refractivity contribution >= 4 is 31.8 Å². The minimum absolute atomic E-state index is 0.0857. The Morgan fingerprint density at radius 2 is 1.52 bits per heavy atom. The number of methoxy groups -OCH3 is 3. The zero-order valence-electron chi connectivity index (χ0n) is 14.2. The van der Waals surface area contributed by atoms with Crippen molar-refractivity contribution in [3.63, 3.8) is 0 Å². The van der Waals surface area contributed by atoms with Gasteiger partial charge in [-0.25, -0.2) is 8.42 Å². The third-order valence-corrected chi connectivity index (χ3v) is 5.29. The van der Waals surface area contributed by atoms with Crippen molar-refractivity contribution in [3.8, 4) is 17.2 Å². The molecular weight excluding hydrogens is 408 g/mol. The number of halogens is 1. The van der Waals surface area contributed by atoms with Crippen molar-refractivity contribution in [1.29, 1.82) is 0 Å². The van der Waals surface area contributed by atoms with Gasteiger partial charge < -0.3 is 14.2 Å². The first kappa shape index (κ1) is 19.3. The lowest BCUT2D eigenvalue weighted by molar-refractivity contribution is 0.374. The highest BCUT2D eigenvalue weighted by Gasteiger charge is 2.13. The first-order valence-electron chi connectivity index (χ1n) is 7.34. The summed E-state index contributed by atoms with van der Waals surface area (Å²) in [5.41, 5.74) is 1.24. The minimum Gasteiger partial charge on any atom is -0.496 e. The lowest BCUT2D eigenvalue weighted by atomic mass is 10.1. The summed E-state index contributed by atoms with van der Waals surface area (Å²) in [4.78, 5) is 0. The van der Waals surface area contributed by atoms with Crippen molar-refractivity contribution in [2.45, 2.75) is 5.75 Å². The Kier molecular flexibility index (Phi) is 6.50. The molecule has 0 amide bonds. The quantitative estimate of drug-likeness (QED) is 0.667. The van der Waals surface area contributed by atoms with Crippen LogP contribution in [0.3, 0.4) is 0 Å². The second kappa shape index (κ2) is 8.40. The van der Waals surface area contributed by atoms with Gasteiger partial charge in [-0.1, -0.05) is 28.1 Å². The van der Waals surface area contributed by atoms with Crippen LogP contribution in [-0.2, 0) is 15.6 Å². The number of ether oxygens (including phenoxy) is 3. The molecule has 2 aromatic carbocycles. The van der Waals surface area contributed by atoms with E-state index in [4.69, 9.17) is 14.2 Å². The first-order valence-corrected chi connectivity index (χ1v) is 9.84. The molecule has 0 radical (unpaired) electrons. The van der Waals surface area contributed by atoms with Gasteiger partial charge in [-0.2, -0.15) is 0 Å². The van der Waals surface area contributed by atoms with Gasteiger partial charge in [0, 0.05) is 22.0 Å². The third kappa shape index (κ3) is 5.24. The van der Waals surface area contributed by atoms with Crippen molar-refractivity contribution in [2.24, 2.45) is 0 Å². The van der Waals surface area contributed by atoms with Crippen LogP contribution in [0.5, 0.6) is 17.2 Å². The Labute approximate surface area is 156 Å². The molecule has 0 spiro atoms. The van der Waals surface area contributed by atoms with Gasteiger partial charge in [0.1, 0.15) is 17.2 Å². The number of hydrogen-bond donors (Lipinski definition) is 0. The van der Waals surface area contributed by atoms with E-state index in [9.17, 15) is 8.42 Å². The van der Waals surface area contributed by atoms with Crippen molar-refractivity contribution in [2.75, 3.05) is 21.3 Å². The van der Waals surface area contributed by atoms with Crippen LogP contribution in [0.15, 0.2) is 46.3 Å². The summed E-state index contributed by atoms with van der Waals surface area (Å²) >= 11 is 3.33. The molecular formula is C18H19BrO5S. The number of sulfone groups is 1. The van der Waals surface area contributed by atoms with Crippen LogP contribution in [-0.4, -0.2) is 29.7 Å². The molecule has 2 aromatic rings. The van der Waals surface area contributed by atoms with Gasteiger partial charge in [-0.05, 0) is 23.8 Å². The predicted octanol–water partition coefficient (Wildman–Crippen LogP) is 4.06. The molecule has 0 saturated carbocycles. The molecule has 2 rings (SSSR count). The molecule has 0 aromatic heterocycles. The first-order chi connectivity index (χ1) is 11.9. The molecule has 0 unspecified atom stereocenters. The van der Waals surface area contributed by atoms with E-state index < -0.39 is 9.84 Å². The molecule has 0 aliphatic rings. The standard InChI is InChI=1S/C18H19BrO5S/c1-22-15-10-17(23-2)16(18(11-15)24-3)8-9-25(20,21)12-13-4-6-14(19)7-5-13/h4-11H,12H2,1-3H3. The lowest BCUT2D eigenvalue weighted by Crippen LogP contribution is -2.00. The number of benzene rings is 2. The predicted molar refractivity (Wildman–Crippen MR) is 102 cm³/mol. The van der Waals surface area contributed by atoms with Gasteiger partial charge in [-0.15, -0.1) is 0 Å². The topological polar surface area (TPSA) is 61.8 Å². The highest BCUT2D eigenvalue weighted by atomic mass is 79.9. The van der Waals surface area contributed by atoms with Gasteiger partial charge >= 0.3 is 0 Å². The maximum absolute atomic E-state index is 12.4. The van der Waals surface area contributed by atoms with Crippen LogP contribution in [0, 0.1) is 0 Å². The summed E-state index contributed by atoms with van der Waals surface area (Å²) in [5, 5.41) is 1.17. The van der Waals surface area contributed by atoms with Crippen LogP contribution in [0.2, 0.25) is 0 Å². The van der Waals surface area contributed by atoms with Crippen molar-refractivity contribution in [3.05, 3.63) is 57.4 Å². The van der Waals surface area contributed by atoms with E-state index in [0.29, 0.717) is 28.4 Å². The highest BCUT2D eigenvalue weighted by molar-refractivity contribution is 9.10. The van der Waals surface area contributed by atoms with Crippen molar-refractivity contribution < 1.29 is 22.6 Å². The molecule has 7 heteroatoms. The lowest BCUT2D eigenvalue weighted by Gasteiger charge is -2.12. The molecule has 134 valence electrons. The number of hydrogen-bond acceptors (Lipinski definition) is 5. The zero-order chi connectivity index (χ0) is 18.4. The van der Waals surface area contributed by atoms with Gasteiger partial charge in [0.25, 0.3) is 0 Å². The van der Waals surface area contributed by atoms with Crippen molar-refractivity contribution in [1.82, 2.24) is 0 Å². The Hall–Kier alpha value is -1.99. The highest BCUT2D eigenvalue weighted by Crippen LogP contribution is 2.35. The summed E-state index contributed by atoms with van der Waals surface area (Å²) in [5.74, 6) is 1.40. The maximum Gasteiger partial charge on any atom is 0.175 e. The second-order valence-electron chi connectivity index (χ2n) is 5.18. The van der Waals surface area contributed by atoms with Crippen LogP contribution in [0.1, 0.15) is 11.1 Å². The van der Waals surface area contributed by atoms with Crippen LogP contribution < -0.4 is 14.2 Å². The maximum atomic E-state index is 12.4. The van der Waals surface area contributed by atoms with Gasteiger partial charge in [0.2, 0.25) is 0 Å². The van der Waals surface area contributed by atoms with E-state index in [-0.39, 0.29) is 5.75 Å². The van der Waals surface area contributed by atoms with Crippen LogP contribution in [0.25, 0.3) is 6.08 Å². The SMILES string of the molecule is COc1cc(OC)c(C=CS(=O)(=O)Cc2ccc(Br)cc2)c(OC)c1. The Morgan fingerprint density at radius 1 is 0.960 bits per heavy atom. The monoisotopic (exact) mass is 426 g/mol. The molecule has 5 nitrogen and oxygen atoms in total. The smallest absolute Gasteiger partial charge is 0.175 e. The van der Waals surface area contributed by atoms with Gasteiger partial charge in [-0.3, -0.25) is 0 Å². The summed E-state index contributed by atoms with van der Waals surface area (Å²) in [7, 11) is 1.09. The van der Waals surface area contributed by atoms with Gasteiger partial charge in [0.15, 0.2) is 9.84 Å². The molecule has 0 fully saturated rings. The molecule has 0 atom stereocenters. The number of rotatable bonds is 7. The van der Waals surface area contributed by atoms with E-state index in [0.717, 1.165) is 4.47 Å². The molecule has 0 aliphatic carbocycles. The largest absolute Gasteiger partial charge is 0.496 e. The molecule has 0 saturated heterocycles. The average Bonchev–Trinajstić information content (AvgIpc) is 2.61. The summed E-state index contributed by atoms with van der Waals surface area (Å²) in [6.07, 6.45) is 1.48. The summed E-state index contributed by atoms with van der Waals surface area (Å²) < 4.78 is 41.5. The Bertz CT molecular complexity index is 833. The fourth-order valence-corrected chi connectivity index (χ4v) is 3.59. The fourth-order valence-electron chi connectivity index (χ4n) is 2.23. The van der Waals surface area contributed by atoms with Crippen LogP contribution >= 0.6 is 15.9 Å². The summed E-state index contributed by atoms with van der Waals surface area (Å²) in [6, 6.07) is 10.5. The normalized spacial score (nSPS) is 11.5. The zero-order valence-corrected chi connectivity index (χ0v) is 16.6. The molecule has 0 heterocycles. The van der Waals surface area contributed by atoms with E-state index in [1.807, 2.05) is 12.1 Å². The molecule has 0 N–H and O–H groups in total. The van der Waals surface area contributed by atoms with E-state index >= 15 is 0 Å². The molecule has 0 aliphatic heterocycles. The molecule has 25 heavy (non-hydrogen) atoms. The molecule has 0 bridgehead atoms. The summed E-state index contributed by atoms with van der Waals surface area (Å²) in [6.45, 7) is 0. The van der Waals surface area contributed by atoms with Gasteiger partial charge in [0.05, 0.1) is 32.6 Å². The van der Waals surface area contributed by atoms with E-state index in [1.165, 1.54) is 32.8 Å². The average molecular weight is 427 g/mol.